The lowest BCUT2D eigenvalue weighted by atomic mass is 9.96. The zero-order valence-corrected chi connectivity index (χ0v) is 20.9. The zero-order chi connectivity index (χ0) is 26.2. The second-order valence-corrected chi connectivity index (χ2v) is 9.63. The van der Waals surface area contributed by atoms with Gasteiger partial charge in [-0.3, -0.25) is 4.79 Å². The number of methoxy groups -OCH3 is 1. The summed E-state index contributed by atoms with van der Waals surface area (Å²) < 4.78 is 27.8. The van der Waals surface area contributed by atoms with Crippen molar-refractivity contribution in [3.63, 3.8) is 0 Å². The highest BCUT2D eigenvalue weighted by Gasteiger charge is 2.33. The van der Waals surface area contributed by atoms with Gasteiger partial charge in [-0.15, -0.1) is 0 Å². The Kier molecular flexibility index (Phi) is 6.73. The number of carboxylic acids is 1. The molecular formula is C28H29FN2O5. The van der Waals surface area contributed by atoms with Gasteiger partial charge in [-0.05, 0) is 62.2 Å². The second-order valence-electron chi connectivity index (χ2n) is 9.63. The number of aromatic nitrogens is 2. The van der Waals surface area contributed by atoms with Crippen molar-refractivity contribution in [2.45, 2.75) is 39.0 Å². The lowest BCUT2D eigenvalue weighted by Crippen LogP contribution is -2.33. The molecule has 0 amide bonds. The van der Waals surface area contributed by atoms with Gasteiger partial charge >= 0.3 is 5.97 Å². The number of hydrogen-bond acceptors (Lipinski definition) is 4. The third-order valence-corrected chi connectivity index (χ3v) is 5.95. The van der Waals surface area contributed by atoms with Gasteiger partial charge in [0, 0.05) is 30.7 Å². The molecule has 4 rings (SSSR count). The summed E-state index contributed by atoms with van der Waals surface area (Å²) in [6.45, 7) is 5.66. The minimum absolute atomic E-state index is 0.250. The van der Waals surface area contributed by atoms with Gasteiger partial charge in [0.05, 0.1) is 18.4 Å². The molecule has 0 aliphatic rings. The standard InChI is InChI=1S/C28H29FN2O5/c1-28(2,3)36-25(27(33)34)24-22(18-8-12-20(35-5)13-9-18)21-14-15-31(23(21)26(32)30(24)4)16-17-6-10-19(29)11-7-17/h6-15,25H,16H2,1-5H3,(H,33,34). The Labute approximate surface area is 208 Å². The first-order chi connectivity index (χ1) is 17.0. The summed E-state index contributed by atoms with van der Waals surface area (Å²) in [7, 11) is 3.12. The van der Waals surface area contributed by atoms with Gasteiger partial charge in [0.1, 0.15) is 17.1 Å². The summed E-state index contributed by atoms with van der Waals surface area (Å²) in [6, 6.07) is 15.1. The molecule has 0 fully saturated rings. The lowest BCUT2D eigenvalue weighted by molar-refractivity contribution is -0.161. The van der Waals surface area contributed by atoms with E-state index < -0.39 is 17.7 Å². The van der Waals surface area contributed by atoms with E-state index in [0.717, 1.165) is 11.1 Å². The number of aliphatic carboxylic acids is 1. The molecule has 0 aliphatic carbocycles. The second kappa shape index (κ2) is 9.62. The van der Waals surface area contributed by atoms with Crippen LogP contribution < -0.4 is 10.3 Å². The Morgan fingerprint density at radius 2 is 1.69 bits per heavy atom. The number of benzene rings is 2. The summed E-state index contributed by atoms with van der Waals surface area (Å²) >= 11 is 0. The predicted molar refractivity (Wildman–Crippen MR) is 136 cm³/mol. The highest BCUT2D eigenvalue weighted by molar-refractivity contribution is 5.98. The molecule has 36 heavy (non-hydrogen) atoms. The maximum Gasteiger partial charge on any atom is 0.339 e. The van der Waals surface area contributed by atoms with Crippen LogP contribution in [0.25, 0.3) is 22.0 Å². The SMILES string of the molecule is COc1ccc(-c2c(C(OC(C)(C)C)C(=O)O)n(C)c(=O)c3c2ccn3Cc2ccc(F)cc2)cc1. The third-order valence-electron chi connectivity index (χ3n) is 5.95. The molecule has 8 heteroatoms. The van der Waals surface area contributed by atoms with E-state index in [1.165, 1.54) is 16.7 Å². The molecule has 1 unspecified atom stereocenters. The first-order valence-electron chi connectivity index (χ1n) is 11.5. The summed E-state index contributed by atoms with van der Waals surface area (Å²) in [4.78, 5) is 26.1. The van der Waals surface area contributed by atoms with Gasteiger partial charge < -0.3 is 23.7 Å². The minimum Gasteiger partial charge on any atom is -0.497 e. The van der Waals surface area contributed by atoms with Crippen LogP contribution >= 0.6 is 0 Å². The van der Waals surface area contributed by atoms with Crippen LogP contribution in [0.2, 0.25) is 0 Å². The van der Waals surface area contributed by atoms with Gasteiger partial charge in [-0.25, -0.2) is 9.18 Å². The van der Waals surface area contributed by atoms with Crippen molar-refractivity contribution in [3.8, 4) is 16.9 Å². The predicted octanol–water partition coefficient (Wildman–Crippen LogP) is 5.14. The van der Waals surface area contributed by atoms with Crippen molar-refractivity contribution in [2.24, 2.45) is 7.05 Å². The van der Waals surface area contributed by atoms with Crippen molar-refractivity contribution in [1.82, 2.24) is 9.13 Å². The molecule has 2 aromatic heterocycles. The molecule has 0 spiro atoms. The molecule has 0 saturated heterocycles. The number of carbonyl (C=O) groups is 1. The van der Waals surface area contributed by atoms with Crippen molar-refractivity contribution in [2.75, 3.05) is 7.11 Å². The van der Waals surface area contributed by atoms with Crippen LogP contribution in [0.1, 0.15) is 38.1 Å². The summed E-state index contributed by atoms with van der Waals surface area (Å²) in [5.41, 5.74) is 1.66. The van der Waals surface area contributed by atoms with Crippen LogP contribution in [0.4, 0.5) is 4.39 Å². The van der Waals surface area contributed by atoms with Crippen molar-refractivity contribution in [3.05, 3.63) is 88.2 Å². The molecule has 2 heterocycles. The smallest absolute Gasteiger partial charge is 0.339 e. The highest BCUT2D eigenvalue weighted by atomic mass is 19.1. The molecular weight excluding hydrogens is 463 g/mol. The average Bonchev–Trinajstić information content (AvgIpc) is 3.24. The van der Waals surface area contributed by atoms with E-state index in [9.17, 15) is 19.1 Å². The first-order valence-corrected chi connectivity index (χ1v) is 11.5. The van der Waals surface area contributed by atoms with E-state index in [0.29, 0.717) is 28.8 Å². The zero-order valence-electron chi connectivity index (χ0n) is 20.9. The normalized spacial score (nSPS) is 12.6. The molecule has 188 valence electrons. The summed E-state index contributed by atoms with van der Waals surface area (Å²) in [5.74, 6) is -0.882. The average molecular weight is 493 g/mol. The fourth-order valence-corrected chi connectivity index (χ4v) is 4.35. The van der Waals surface area contributed by atoms with E-state index in [4.69, 9.17) is 9.47 Å². The number of halogens is 1. The van der Waals surface area contributed by atoms with Crippen LogP contribution in [0.15, 0.2) is 65.6 Å². The molecule has 4 aromatic rings. The summed E-state index contributed by atoms with van der Waals surface area (Å²) in [5, 5.41) is 10.8. The maximum absolute atomic E-state index is 13.7. The number of pyridine rings is 1. The summed E-state index contributed by atoms with van der Waals surface area (Å²) in [6.07, 6.45) is 0.400. The maximum atomic E-state index is 13.7. The Morgan fingerprint density at radius 3 is 2.25 bits per heavy atom. The van der Waals surface area contributed by atoms with Crippen molar-refractivity contribution >= 4 is 16.9 Å². The van der Waals surface area contributed by atoms with Gasteiger partial charge in [-0.2, -0.15) is 0 Å². The van der Waals surface area contributed by atoms with E-state index in [1.54, 1.807) is 76.0 Å². The van der Waals surface area contributed by atoms with E-state index in [1.807, 2.05) is 12.1 Å². The Balaban J connectivity index is 2.01. The van der Waals surface area contributed by atoms with Gasteiger partial charge in [0.2, 0.25) is 0 Å². The highest BCUT2D eigenvalue weighted by Crippen LogP contribution is 2.37. The van der Waals surface area contributed by atoms with Gasteiger partial charge in [0.15, 0.2) is 6.10 Å². The van der Waals surface area contributed by atoms with Crippen LogP contribution in [0.3, 0.4) is 0 Å². The fraction of sp³-hybridized carbons (Fsp3) is 0.286. The van der Waals surface area contributed by atoms with Crippen LogP contribution in [0, 0.1) is 5.82 Å². The van der Waals surface area contributed by atoms with Crippen LogP contribution in [-0.4, -0.2) is 32.9 Å². The van der Waals surface area contributed by atoms with E-state index in [2.05, 4.69) is 0 Å². The number of carboxylic acid groups (broad SMARTS) is 1. The largest absolute Gasteiger partial charge is 0.497 e. The lowest BCUT2D eigenvalue weighted by Gasteiger charge is -2.28. The molecule has 0 bridgehead atoms. The molecule has 0 aliphatic heterocycles. The Bertz CT molecular complexity index is 1460. The van der Waals surface area contributed by atoms with Crippen molar-refractivity contribution < 1.29 is 23.8 Å². The van der Waals surface area contributed by atoms with Crippen LogP contribution in [0.5, 0.6) is 5.75 Å². The number of ether oxygens (including phenoxy) is 2. The molecule has 2 aromatic carbocycles. The van der Waals surface area contributed by atoms with Gasteiger partial charge in [0.25, 0.3) is 5.56 Å². The Hall–Kier alpha value is -3.91. The van der Waals surface area contributed by atoms with Crippen LogP contribution in [-0.2, 0) is 23.1 Å². The minimum atomic E-state index is -1.38. The van der Waals surface area contributed by atoms with Gasteiger partial charge in [-0.1, -0.05) is 24.3 Å². The van der Waals surface area contributed by atoms with Crippen molar-refractivity contribution in [1.29, 1.82) is 0 Å². The topological polar surface area (TPSA) is 82.7 Å². The molecule has 0 saturated carbocycles. The van der Waals surface area contributed by atoms with E-state index >= 15 is 0 Å². The fourth-order valence-electron chi connectivity index (χ4n) is 4.35. The monoisotopic (exact) mass is 492 g/mol. The molecule has 1 N–H and O–H groups in total. The number of hydrogen-bond donors (Lipinski definition) is 1. The molecule has 1 atom stereocenters. The van der Waals surface area contributed by atoms with E-state index in [-0.39, 0.29) is 17.1 Å². The molecule has 0 radical (unpaired) electrons. The number of fused-ring (bicyclic) bond motifs is 1. The quantitative estimate of drug-likeness (QED) is 0.386. The Morgan fingerprint density at radius 1 is 1.06 bits per heavy atom. The number of nitrogens with zero attached hydrogens (tertiary/aromatic N) is 2. The molecule has 7 nitrogen and oxygen atoms in total. The number of rotatable bonds is 7. The third kappa shape index (κ3) is 4.90. The first kappa shape index (κ1) is 25.2.